The van der Waals surface area contributed by atoms with Crippen LogP contribution in [0.25, 0.3) is 0 Å². The van der Waals surface area contributed by atoms with Crippen LogP contribution in [0.1, 0.15) is 50.6 Å². The van der Waals surface area contributed by atoms with Crippen LogP contribution in [0.2, 0.25) is 0 Å². The van der Waals surface area contributed by atoms with Gasteiger partial charge in [0.25, 0.3) is 0 Å². The molecule has 0 aliphatic heterocycles. The minimum Gasteiger partial charge on any atom is -0.330 e. The molecule has 0 amide bonds. The van der Waals surface area contributed by atoms with E-state index in [2.05, 4.69) is 10.2 Å². The number of nitrogens with zero attached hydrogens (tertiary/aromatic N) is 2. The van der Waals surface area contributed by atoms with E-state index < -0.39 is 10.0 Å². The van der Waals surface area contributed by atoms with Crippen LogP contribution in [0.5, 0.6) is 0 Å². The van der Waals surface area contributed by atoms with Gasteiger partial charge in [0.15, 0.2) is 0 Å². The first-order valence-electron chi connectivity index (χ1n) is 7.79. The Bertz CT molecular complexity index is 533. The molecule has 6 nitrogen and oxygen atoms in total. The van der Waals surface area contributed by atoms with E-state index in [-0.39, 0.29) is 6.04 Å². The third kappa shape index (κ3) is 3.84. The first kappa shape index (κ1) is 16.5. The van der Waals surface area contributed by atoms with Gasteiger partial charge in [0.1, 0.15) is 4.90 Å². The Balaban J connectivity index is 2.27. The van der Waals surface area contributed by atoms with Crippen LogP contribution in [0, 0.1) is 6.92 Å². The smallest absolute Gasteiger partial charge is 0.246 e. The molecule has 7 heteroatoms. The Hall–Kier alpha value is -0.920. The van der Waals surface area contributed by atoms with Crippen molar-refractivity contribution in [1.29, 1.82) is 0 Å². The molecule has 0 spiro atoms. The molecule has 0 aromatic carbocycles. The zero-order chi connectivity index (χ0) is 15.3. The third-order valence-electron chi connectivity index (χ3n) is 4.18. The molecule has 1 aliphatic carbocycles. The second-order valence-electron chi connectivity index (χ2n) is 5.76. The standard InChI is InChI=1S/C14H26N4O2S/c1-12-14(11-16-17-12)21(19,20)18(10-6-9-15)13-7-4-2-3-5-8-13/h11,13H,2-10,15H2,1H3,(H,16,17). The average Bonchev–Trinajstić information content (AvgIpc) is 2.73. The Kier molecular flexibility index (Phi) is 5.78. The first-order chi connectivity index (χ1) is 10.1. The van der Waals surface area contributed by atoms with E-state index in [4.69, 9.17) is 5.73 Å². The largest absolute Gasteiger partial charge is 0.330 e. The molecule has 1 fully saturated rings. The van der Waals surface area contributed by atoms with E-state index in [0.29, 0.717) is 30.1 Å². The lowest BCUT2D eigenvalue weighted by Crippen LogP contribution is -2.41. The molecule has 21 heavy (non-hydrogen) atoms. The van der Waals surface area contributed by atoms with Crippen LogP contribution in [0.4, 0.5) is 0 Å². The molecule has 0 bridgehead atoms. The van der Waals surface area contributed by atoms with Gasteiger partial charge < -0.3 is 5.73 Å². The summed E-state index contributed by atoms with van der Waals surface area (Å²) in [7, 11) is -3.49. The Morgan fingerprint density at radius 2 is 2.00 bits per heavy atom. The summed E-state index contributed by atoms with van der Waals surface area (Å²) in [4.78, 5) is 0.295. The number of hydrogen-bond acceptors (Lipinski definition) is 4. The summed E-state index contributed by atoms with van der Waals surface area (Å²) in [5, 5.41) is 6.58. The predicted octanol–water partition coefficient (Wildman–Crippen LogP) is 1.78. The number of nitrogens with two attached hydrogens (primary N) is 1. The lowest BCUT2D eigenvalue weighted by Gasteiger charge is -2.30. The molecule has 1 aliphatic rings. The molecular formula is C14H26N4O2S. The molecule has 1 aromatic heterocycles. The van der Waals surface area contributed by atoms with Crippen molar-refractivity contribution in [2.24, 2.45) is 5.73 Å². The lowest BCUT2D eigenvalue weighted by molar-refractivity contribution is 0.290. The number of aromatic amines is 1. The summed E-state index contributed by atoms with van der Waals surface area (Å²) < 4.78 is 27.6. The molecule has 0 atom stereocenters. The van der Waals surface area contributed by atoms with Crippen LogP contribution in [0.3, 0.4) is 0 Å². The number of H-pyrrole nitrogens is 1. The third-order valence-corrected chi connectivity index (χ3v) is 6.25. The highest BCUT2D eigenvalue weighted by Gasteiger charge is 2.33. The maximum absolute atomic E-state index is 13.0. The van der Waals surface area contributed by atoms with Crippen LogP contribution >= 0.6 is 0 Å². The Labute approximate surface area is 127 Å². The fourth-order valence-corrected chi connectivity index (χ4v) is 4.86. The highest BCUT2D eigenvalue weighted by atomic mass is 32.2. The second-order valence-corrected chi connectivity index (χ2v) is 7.62. The van der Waals surface area contributed by atoms with Gasteiger partial charge in [-0.25, -0.2) is 8.42 Å². The molecule has 1 saturated carbocycles. The van der Waals surface area contributed by atoms with Crippen molar-refractivity contribution in [1.82, 2.24) is 14.5 Å². The van der Waals surface area contributed by atoms with Crippen molar-refractivity contribution in [3.05, 3.63) is 11.9 Å². The zero-order valence-electron chi connectivity index (χ0n) is 12.7. The summed E-state index contributed by atoms with van der Waals surface area (Å²) in [6, 6.07) is 0.0957. The first-order valence-corrected chi connectivity index (χ1v) is 9.23. The topological polar surface area (TPSA) is 92.1 Å². The molecule has 0 saturated heterocycles. The molecule has 120 valence electrons. The number of sulfonamides is 1. The van der Waals surface area contributed by atoms with Crippen molar-refractivity contribution in [2.45, 2.75) is 62.8 Å². The van der Waals surface area contributed by atoms with Gasteiger partial charge >= 0.3 is 0 Å². The van der Waals surface area contributed by atoms with Gasteiger partial charge in [-0.1, -0.05) is 25.7 Å². The summed E-state index contributed by atoms with van der Waals surface area (Å²) in [6.45, 7) is 2.74. The highest BCUT2D eigenvalue weighted by molar-refractivity contribution is 7.89. The summed E-state index contributed by atoms with van der Waals surface area (Å²) in [5.41, 5.74) is 6.19. The summed E-state index contributed by atoms with van der Waals surface area (Å²) in [6.07, 6.45) is 8.59. The minimum atomic E-state index is -3.49. The van der Waals surface area contributed by atoms with Crippen molar-refractivity contribution in [3.63, 3.8) is 0 Å². The number of aryl methyl sites for hydroxylation is 1. The Morgan fingerprint density at radius 3 is 2.52 bits per heavy atom. The predicted molar refractivity (Wildman–Crippen MR) is 82.4 cm³/mol. The maximum Gasteiger partial charge on any atom is 0.246 e. The van der Waals surface area contributed by atoms with Gasteiger partial charge in [-0.15, -0.1) is 0 Å². The molecule has 1 heterocycles. The van der Waals surface area contributed by atoms with Gasteiger partial charge in [0.2, 0.25) is 10.0 Å². The van der Waals surface area contributed by atoms with Crippen molar-refractivity contribution < 1.29 is 8.42 Å². The number of nitrogens with one attached hydrogen (secondary N) is 1. The van der Waals surface area contributed by atoms with Crippen molar-refractivity contribution >= 4 is 10.0 Å². The van der Waals surface area contributed by atoms with E-state index in [1.165, 1.54) is 19.0 Å². The van der Waals surface area contributed by atoms with E-state index in [1.54, 1.807) is 11.2 Å². The highest BCUT2D eigenvalue weighted by Crippen LogP contribution is 2.28. The van der Waals surface area contributed by atoms with Crippen LogP contribution in [-0.2, 0) is 10.0 Å². The molecule has 2 rings (SSSR count). The van der Waals surface area contributed by atoms with E-state index in [0.717, 1.165) is 25.7 Å². The second kappa shape index (κ2) is 7.38. The average molecular weight is 314 g/mol. The minimum absolute atomic E-state index is 0.0957. The fraction of sp³-hybridized carbons (Fsp3) is 0.786. The number of hydrogen-bond donors (Lipinski definition) is 2. The van der Waals surface area contributed by atoms with E-state index in [9.17, 15) is 8.42 Å². The molecule has 0 unspecified atom stereocenters. The zero-order valence-corrected chi connectivity index (χ0v) is 13.5. The number of aromatic nitrogens is 2. The quantitative estimate of drug-likeness (QED) is 0.783. The monoisotopic (exact) mass is 314 g/mol. The van der Waals surface area contributed by atoms with Gasteiger partial charge in [-0.3, -0.25) is 5.10 Å². The number of rotatable bonds is 6. The summed E-state index contributed by atoms with van der Waals surface area (Å²) >= 11 is 0. The molecule has 1 aromatic rings. The molecule has 3 N–H and O–H groups in total. The SMILES string of the molecule is Cc1[nH]ncc1S(=O)(=O)N(CCCN)C1CCCCCC1. The normalized spacial score (nSPS) is 18.0. The van der Waals surface area contributed by atoms with Crippen LogP contribution in [-0.4, -0.2) is 42.1 Å². The van der Waals surface area contributed by atoms with Crippen molar-refractivity contribution in [3.8, 4) is 0 Å². The molecular weight excluding hydrogens is 288 g/mol. The Morgan fingerprint density at radius 1 is 1.33 bits per heavy atom. The molecule has 0 radical (unpaired) electrons. The van der Waals surface area contributed by atoms with Gasteiger partial charge in [0, 0.05) is 12.6 Å². The lowest BCUT2D eigenvalue weighted by atomic mass is 10.1. The van der Waals surface area contributed by atoms with Crippen molar-refractivity contribution in [2.75, 3.05) is 13.1 Å². The van der Waals surface area contributed by atoms with Gasteiger partial charge in [-0.2, -0.15) is 9.40 Å². The van der Waals surface area contributed by atoms with E-state index in [1.807, 2.05) is 0 Å². The van der Waals surface area contributed by atoms with Gasteiger partial charge in [-0.05, 0) is 32.7 Å². The summed E-state index contributed by atoms with van der Waals surface area (Å²) in [5.74, 6) is 0. The van der Waals surface area contributed by atoms with E-state index >= 15 is 0 Å². The van der Waals surface area contributed by atoms with Crippen LogP contribution in [0.15, 0.2) is 11.1 Å². The van der Waals surface area contributed by atoms with Gasteiger partial charge in [0.05, 0.1) is 11.9 Å². The maximum atomic E-state index is 13.0. The fourth-order valence-electron chi connectivity index (χ4n) is 3.02. The van der Waals surface area contributed by atoms with Crippen LogP contribution < -0.4 is 5.73 Å².